The number of nitrogens with one attached hydrogen (secondary N) is 1. The van der Waals surface area contributed by atoms with Gasteiger partial charge in [-0.2, -0.15) is 0 Å². The zero-order valence-corrected chi connectivity index (χ0v) is 13.1. The predicted octanol–water partition coefficient (Wildman–Crippen LogP) is 2.59. The van der Waals surface area contributed by atoms with Crippen molar-refractivity contribution >= 4 is 5.91 Å². The van der Waals surface area contributed by atoms with Gasteiger partial charge >= 0.3 is 0 Å². The molecular weight excluding hydrogens is 248 g/mol. The molecule has 1 atom stereocenters. The van der Waals surface area contributed by atoms with Crippen molar-refractivity contribution in [1.29, 1.82) is 0 Å². The van der Waals surface area contributed by atoms with Crippen molar-refractivity contribution in [2.24, 2.45) is 11.3 Å². The molecule has 1 aromatic rings. The van der Waals surface area contributed by atoms with E-state index in [1.807, 2.05) is 24.1 Å². The molecular formula is C17H26N2O. The summed E-state index contributed by atoms with van der Waals surface area (Å²) in [6.45, 7) is 8.87. The lowest BCUT2D eigenvalue weighted by molar-refractivity contribution is -0.142. The molecule has 1 saturated heterocycles. The fourth-order valence-corrected chi connectivity index (χ4v) is 3.13. The Morgan fingerprint density at radius 2 is 2.10 bits per heavy atom. The van der Waals surface area contributed by atoms with E-state index in [-0.39, 0.29) is 11.3 Å². The number of hydrogen-bond donors (Lipinski definition) is 1. The van der Waals surface area contributed by atoms with Gasteiger partial charge in [-0.3, -0.25) is 4.79 Å². The second-order valence-corrected chi connectivity index (χ2v) is 6.33. The fourth-order valence-electron chi connectivity index (χ4n) is 3.13. The summed E-state index contributed by atoms with van der Waals surface area (Å²) in [5, 5.41) is 3.36. The normalized spacial score (nSPS) is 22.2. The first-order valence-corrected chi connectivity index (χ1v) is 7.48. The van der Waals surface area contributed by atoms with E-state index in [9.17, 15) is 4.79 Å². The summed E-state index contributed by atoms with van der Waals surface area (Å²) in [6, 6.07) is 8.28. The highest BCUT2D eigenvalue weighted by Gasteiger charge is 2.45. The molecule has 0 aliphatic carbocycles. The van der Waals surface area contributed by atoms with E-state index in [1.54, 1.807) is 0 Å². The van der Waals surface area contributed by atoms with Gasteiger partial charge in [0.2, 0.25) is 5.91 Å². The van der Waals surface area contributed by atoms with Crippen molar-refractivity contribution in [2.75, 3.05) is 20.1 Å². The average molecular weight is 274 g/mol. The summed E-state index contributed by atoms with van der Waals surface area (Å²) in [5.41, 5.74) is 2.25. The van der Waals surface area contributed by atoms with Gasteiger partial charge in [-0.25, -0.2) is 0 Å². The van der Waals surface area contributed by atoms with Gasteiger partial charge in [0.25, 0.3) is 0 Å². The van der Waals surface area contributed by atoms with Crippen LogP contribution < -0.4 is 5.32 Å². The Hall–Kier alpha value is -1.35. The van der Waals surface area contributed by atoms with E-state index < -0.39 is 0 Å². The Balaban J connectivity index is 2.14. The van der Waals surface area contributed by atoms with E-state index in [0.29, 0.717) is 12.5 Å². The minimum Gasteiger partial charge on any atom is -0.341 e. The van der Waals surface area contributed by atoms with Crippen LogP contribution in [-0.2, 0) is 11.3 Å². The van der Waals surface area contributed by atoms with Gasteiger partial charge < -0.3 is 10.2 Å². The standard InChI is InChI=1S/C17H26N2O/c1-13(2)17(9-10-18-12-17)16(20)19(4)11-15-8-6-5-7-14(15)3/h5-8,13,18H,9-12H2,1-4H3. The number of carbonyl (C=O) groups is 1. The Kier molecular flexibility index (Phi) is 4.48. The Labute approximate surface area is 122 Å². The summed E-state index contributed by atoms with van der Waals surface area (Å²) in [7, 11) is 1.93. The smallest absolute Gasteiger partial charge is 0.230 e. The van der Waals surface area contributed by atoms with Crippen molar-refractivity contribution in [2.45, 2.75) is 33.7 Å². The molecule has 1 aliphatic rings. The Morgan fingerprint density at radius 1 is 1.40 bits per heavy atom. The molecule has 0 bridgehead atoms. The lowest BCUT2D eigenvalue weighted by Crippen LogP contribution is -2.46. The van der Waals surface area contributed by atoms with Crippen LogP contribution in [0.2, 0.25) is 0 Å². The second-order valence-electron chi connectivity index (χ2n) is 6.33. The third-order valence-electron chi connectivity index (χ3n) is 4.73. The number of aryl methyl sites for hydroxylation is 1. The molecule has 1 unspecified atom stereocenters. The lowest BCUT2D eigenvalue weighted by atomic mass is 9.75. The first-order chi connectivity index (χ1) is 9.47. The van der Waals surface area contributed by atoms with Crippen LogP contribution in [0, 0.1) is 18.3 Å². The van der Waals surface area contributed by atoms with Gasteiger partial charge in [-0.1, -0.05) is 38.1 Å². The molecule has 0 spiro atoms. The summed E-state index contributed by atoms with van der Waals surface area (Å²) in [5.74, 6) is 0.644. The van der Waals surface area contributed by atoms with Crippen LogP contribution in [0.1, 0.15) is 31.4 Å². The molecule has 1 aliphatic heterocycles. The fraction of sp³-hybridized carbons (Fsp3) is 0.588. The van der Waals surface area contributed by atoms with Crippen molar-refractivity contribution in [3.05, 3.63) is 35.4 Å². The maximum atomic E-state index is 12.9. The molecule has 3 nitrogen and oxygen atoms in total. The molecule has 1 aromatic carbocycles. The van der Waals surface area contributed by atoms with Crippen LogP contribution in [0.15, 0.2) is 24.3 Å². The van der Waals surface area contributed by atoms with Crippen LogP contribution in [-0.4, -0.2) is 30.9 Å². The van der Waals surface area contributed by atoms with E-state index >= 15 is 0 Å². The molecule has 1 fully saturated rings. The Bertz CT molecular complexity index is 476. The molecule has 1 heterocycles. The van der Waals surface area contributed by atoms with Crippen LogP contribution in [0.25, 0.3) is 0 Å². The van der Waals surface area contributed by atoms with Gasteiger partial charge in [0.1, 0.15) is 0 Å². The van der Waals surface area contributed by atoms with Crippen molar-refractivity contribution in [3.63, 3.8) is 0 Å². The third kappa shape index (κ3) is 2.73. The van der Waals surface area contributed by atoms with E-state index in [4.69, 9.17) is 0 Å². The van der Waals surface area contributed by atoms with Crippen molar-refractivity contribution in [1.82, 2.24) is 10.2 Å². The zero-order valence-electron chi connectivity index (χ0n) is 13.1. The van der Waals surface area contributed by atoms with Crippen LogP contribution in [0.5, 0.6) is 0 Å². The van der Waals surface area contributed by atoms with Gasteiger partial charge in [0, 0.05) is 20.1 Å². The zero-order chi connectivity index (χ0) is 14.8. The molecule has 1 amide bonds. The summed E-state index contributed by atoms with van der Waals surface area (Å²) in [6.07, 6.45) is 0.946. The first kappa shape index (κ1) is 15.0. The largest absolute Gasteiger partial charge is 0.341 e. The topological polar surface area (TPSA) is 32.3 Å². The number of nitrogens with zero attached hydrogens (tertiary/aromatic N) is 1. The monoisotopic (exact) mass is 274 g/mol. The molecule has 0 aromatic heterocycles. The predicted molar refractivity (Wildman–Crippen MR) is 82.4 cm³/mol. The number of hydrogen-bond acceptors (Lipinski definition) is 2. The van der Waals surface area contributed by atoms with Crippen LogP contribution in [0.4, 0.5) is 0 Å². The van der Waals surface area contributed by atoms with Crippen molar-refractivity contribution < 1.29 is 4.79 Å². The summed E-state index contributed by atoms with van der Waals surface area (Å²) >= 11 is 0. The van der Waals surface area contributed by atoms with Gasteiger partial charge in [-0.05, 0) is 36.9 Å². The molecule has 2 rings (SSSR count). The number of carbonyl (C=O) groups excluding carboxylic acids is 1. The molecule has 20 heavy (non-hydrogen) atoms. The molecule has 1 N–H and O–H groups in total. The molecule has 0 saturated carbocycles. The van der Waals surface area contributed by atoms with Crippen molar-refractivity contribution in [3.8, 4) is 0 Å². The maximum Gasteiger partial charge on any atom is 0.230 e. The molecule has 0 radical (unpaired) electrons. The minimum absolute atomic E-state index is 0.225. The highest BCUT2D eigenvalue weighted by Crippen LogP contribution is 2.36. The SMILES string of the molecule is Cc1ccccc1CN(C)C(=O)C1(C(C)C)CCNC1. The molecule has 3 heteroatoms. The average Bonchev–Trinajstić information content (AvgIpc) is 2.91. The third-order valence-corrected chi connectivity index (χ3v) is 4.73. The molecule has 110 valence electrons. The van der Waals surface area contributed by atoms with Crippen LogP contribution in [0.3, 0.4) is 0 Å². The number of benzene rings is 1. The Morgan fingerprint density at radius 3 is 2.65 bits per heavy atom. The van der Waals surface area contributed by atoms with Crippen LogP contribution >= 0.6 is 0 Å². The van der Waals surface area contributed by atoms with E-state index in [0.717, 1.165) is 19.5 Å². The quantitative estimate of drug-likeness (QED) is 0.915. The van der Waals surface area contributed by atoms with E-state index in [2.05, 4.69) is 38.2 Å². The number of rotatable bonds is 4. The number of amides is 1. The lowest BCUT2D eigenvalue weighted by Gasteiger charge is -2.35. The highest BCUT2D eigenvalue weighted by atomic mass is 16.2. The highest BCUT2D eigenvalue weighted by molar-refractivity contribution is 5.83. The summed E-state index contributed by atoms with van der Waals surface area (Å²) in [4.78, 5) is 14.8. The van der Waals surface area contributed by atoms with Gasteiger partial charge in [0.15, 0.2) is 0 Å². The second kappa shape index (κ2) is 5.96. The summed E-state index contributed by atoms with van der Waals surface area (Å²) < 4.78 is 0. The van der Waals surface area contributed by atoms with Gasteiger partial charge in [-0.15, -0.1) is 0 Å². The first-order valence-electron chi connectivity index (χ1n) is 7.48. The van der Waals surface area contributed by atoms with Gasteiger partial charge in [0.05, 0.1) is 5.41 Å². The maximum absolute atomic E-state index is 12.9. The minimum atomic E-state index is -0.225. The van der Waals surface area contributed by atoms with E-state index in [1.165, 1.54) is 11.1 Å².